The first-order valence-corrected chi connectivity index (χ1v) is 7.28. The molecule has 6 N–H and O–H groups in total. The van der Waals surface area contributed by atoms with Gasteiger partial charge in [0, 0.05) is 13.6 Å². The first kappa shape index (κ1) is 19.7. The Bertz CT molecular complexity index is 522. The van der Waals surface area contributed by atoms with Crippen LogP contribution in [0.1, 0.15) is 0 Å². The number of halogens is 1. The Morgan fingerprint density at radius 2 is 1.74 bits per heavy atom. The van der Waals surface area contributed by atoms with Crippen LogP contribution in [-0.4, -0.2) is 80.2 Å². The summed E-state index contributed by atoms with van der Waals surface area (Å²) in [5.41, 5.74) is 0.162. The molecule has 7 nitrogen and oxygen atoms in total. The van der Waals surface area contributed by atoms with Gasteiger partial charge in [0.05, 0.1) is 12.3 Å². The summed E-state index contributed by atoms with van der Waals surface area (Å²) in [5.74, 6) is -0.495. The third kappa shape index (κ3) is 5.65. The standard InChI is InChI=1S/C14H21FN2O5S/c1-17(6-10(19)12(21)13(22)11(20)7-18)14(23)16-9-5-3-2-4-8(9)15/h2-5,10-13,18-22H,6-7H2,1H3,(H,16,23)/t10-,11+,12+,13+/m0/s1. The van der Waals surface area contributed by atoms with Crippen LogP contribution >= 0.6 is 12.2 Å². The largest absolute Gasteiger partial charge is 0.394 e. The van der Waals surface area contributed by atoms with E-state index in [2.05, 4.69) is 5.32 Å². The highest BCUT2D eigenvalue weighted by molar-refractivity contribution is 7.80. The molecule has 0 saturated heterocycles. The van der Waals surface area contributed by atoms with Crippen molar-refractivity contribution in [3.63, 3.8) is 0 Å². The number of rotatable bonds is 7. The molecule has 0 radical (unpaired) electrons. The van der Waals surface area contributed by atoms with E-state index in [4.69, 9.17) is 17.3 Å². The summed E-state index contributed by atoms with van der Waals surface area (Å²) in [6.07, 6.45) is -6.42. The molecule has 0 unspecified atom stereocenters. The summed E-state index contributed by atoms with van der Waals surface area (Å²) in [7, 11) is 1.50. The summed E-state index contributed by atoms with van der Waals surface area (Å²) in [6.45, 7) is -0.940. The van der Waals surface area contributed by atoms with Crippen LogP contribution in [0.5, 0.6) is 0 Å². The smallest absolute Gasteiger partial charge is 0.173 e. The molecule has 9 heteroatoms. The number of para-hydroxylation sites is 1. The zero-order valence-electron chi connectivity index (χ0n) is 12.5. The van der Waals surface area contributed by atoms with Gasteiger partial charge < -0.3 is 35.7 Å². The molecule has 0 bridgehead atoms. The molecule has 130 valence electrons. The second-order valence-electron chi connectivity index (χ2n) is 5.09. The van der Waals surface area contributed by atoms with Crippen molar-refractivity contribution in [1.82, 2.24) is 4.90 Å². The number of hydrogen-bond donors (Lipinski definition) is 6. The van der Waals surface area contributed by atoms with E-state index in [1.165, 1.54) is 30.1 Å². The monoisotopic (exact) mass is 348 g/mol. The SMILES string of the molecule is CN(C[C@H](O)[C@@H](O)[C@H](O)[C@H](O)CO)C(=S)Nc1ccccc1F. The number of benzene rings is 1. The Morgan fingerprint density at radius 3 is 2.30 bits per heavy atom. The quantitative estimate of drug-likeness (QED) is 0.344. The minimum absolute atomic E-state index is 0.0959. The molecule has 1 rings (SSSR count). The Labute approximate surface area is 138 Å². The van der Waals surface area contributed by atoms with Crippen molar-refractivity contribution < 1.29 is 29.9 Å². The predicted octanol–water partition coefficient (Wildman–Crippen LogP) is -1.11. The second-order valence-corrected chi connectivity index (χ2v) is 5.48. The van der Waals surface area contributed by atoms with Gasteiger partial charge >= 0.3 is 0 Å². The van der Waals surface area contributed by atoms with Gasteiger partial charge in [0.2, 0.25) is 0 Å². The van der Waals surface area contributed by atoms with Crippen molar-refractivity contribution in [3.8, 4) is 0 Å². The zero-order chi connectivity index (χ0) is 17.6. The fourth-order valence-electron chi connectivity index (χ4n) is 1.81. The van der Waals surface area contributed by atoms with E-state index in [-0.39, 0.29) is 17.3 Å². The highest BCUT2D eigenvalue weighted by Crippen LogP contribution is 2.13. The average molecular weight is 348 g/mol. The molecule has 1 aromatic carbocycles. The maximum absolute atomic E-state index is 13.5. The van der Waals surface area contributed by atoms with Crippen LogP contribution in [0.4, 0.5) is 10.1 Å². The van der Waals surface area contributed by atoms with Gasteiger partial charge in [0.25, 0.3) is 0 Å². The molecular formula is C14H21FN2O5S. The highest BCUT2D eigenvalue weighted by Gasteiger charge is 2.30. The molecule has 0 aromatic heterocycles. The number of hydrogen-bond acceptors (Lipinski definition) is 6. The van der Waals surface area contributed by atoms with Gasteiger partial charge in [-0.15, -0.1) is 0 Å². The molecule has 0 aliphatic heterocycles. The van der Waals surface area contributed by atoms with Gasteiger partial charge in [-0.05, 0) is 24.4 Å². The first-order valence-electron chi connectivity index (χ1n) is 6.87. The van der Waals surface area contributed by atoms with E-state index < -0.39 is 36.8 Å². The van der Waals surface area contributed by atoms with Crippen LogP contribution < -0.4 is 5.32 Å². The van der Waals surface area contributed by atoms with Gasteiger partial charge in [-0.2, -0.15) is 0 Å². The molecule has 0 saturated carbocycles. The number of nitrogens with zero attached hydrogens (tertiary/aromatic N) is 1. The summed E-state index contributed by atoms with van der Waals surface area (Å²) in [6, 6.07) is 5.90. The number of nitrogens with one attached hydrogen (secondary N) is 1. The van der Waals surface area contributed by atoms with Crippen LogP contribution in [0.3, 0.4) is 0 Å². The van der Waals surface area contributed by atoms with Crippen molar-refractivity contribution >= 4 is 23.0 Å². The van der Waals surface area contributed by atoms with E-state index >= 15 is 0 Å². The van der Waals surface area contributed by atoms with E-state index in [9.17, 15) is 24.8 Å². The molecule has 0 aliphatic carbocycles. The number of likely N-dealkylation sites (N-methyl/N-ethyl adjacent to an activating group) is 1. The molecule has 0 fully saturated rings. The van der Waals surface area contributed by atoms with Gasteiger partial charge in [-0.3, -0.25) is 0 Å². The molecule has 0 aliphatic rings. The maximum Gasteiger partial charge on any atom is 0.173 e. The molecule has 0 amide bonds. The molecule has 1 aromatic rings. The van der Waals surface area contributed by atoms with E-state index in [1.807, 2.05) is 0 Å². The Hall–Kier alpha value is -1.36. The third-order valence-electron chi connectivity index (χ3n) is 3.25. The normalized spacial score (nSPS) is 16.3. The summed E-state index contributed by atoms with van der Waals surface area (Å²) in [5, 5.41) is 49.9. The Kier molecular flexibility index (Phi) is 7.76. The maximum atomic E-state index is 13.5. The minimum atomic E-state index is -1.71. The van der Waals surface area contributed by atoms with Crippen LogP contribution in [0.15, 0.2) is 24.3 Å². The Morgan fingerprint density at radius 1 is 1.17 bits per heavy atom. The predicted molar refractivity (Wildman–Crippen MR) is 86.4 cm³/mol. The van der Waals surface area contributed by atoms with E-state index in [0.29, 0.717) is 0 Å². The number of thiocarbonyl (C=S) groups is 1. The van der Waals surface area contributed by atoms with Crippen LogP contribution in [0.2, 0.25) is 0 Å². The van der Waals surface area contributed by atoms with Crippen molar-refractivity contribution in [2.24, 2.45) is 0 Å². The summed E-state index contributed by atoms with van der Waals surface area (Å²) < 4.78 is 13.5. The lowest BCUT2D eigenvalue weighted by atomic mass is 10.0. The lowest BCUT2D eigenvalue weighted by molar-refractivity contribution is -0.116. The summed E-state index contributed by atoms with van der Waals surface area (Å²) >= 11 is 5.07. The van der Waals surface area contributed by atoms with Gasteiger partial charge in [-0.25, -0.2) is 4.39 Å². The third-order valence-corrected chi connectivity index (χ3v) is 3.66. The lowest BCUT2D eigenvalue weighted by Gasteiger charge is -2.29. The minimum Gasteiger partial charge on any atom is -0.394 e. The van der Waals surface area contributed by atoms with Crippen LogP contribution in [-0.2, 0) is 0 Å². The van der Waals surface area contributed by atoms with Gasteiger partial charge in [0.1, 0.15) is 30.2 Å². The number of anilines is 1. The van der Waals surface area contributed by atoms with E-state index in [0.717, 1.165) is 0 Å². The second kappa shape index (κ2) is 9.06. The average Bonchev–Trinajstić information content (AvgIpc) is 2.54. The highest BCUT2D eigenvalue weighted by atomic mass is 32.1. The van der Waals surface area contributed by atoms with Crippen LogP contribution in [0.25, 0.3) is 0 Å². The summed E-state index contributed by atoms with van der Waals surface area (Å²) in [4.78, 5) is 1.34. The van der Waals surface area contributed by atoms with Crippen molar-refractivity contribution in [3.05, 3.63) is 30.1 Å². The molecular weight excluding hydrogens is 327 g/mol. The molecule has 4 atom stereocenters. The fraction of sp³-hybridized carbons (Fsp3) is 0.500. The van der Waals surface area contributed by atoms with Crippen molar-refractivity contribution in [1.29, 1.82) is 0 Å². The van der Waals surface area contributed by atoms with Gasteiger partial charge in [0.15, 0.2) is 5.11 Å². The zero-order valence-corrected chi connectivity index (χ0v) is 13.3. The van der Waals surface area contributed by atoms with Crippen molar-refractivity contribution in [2.45, 2.75) is 24.4 Å². The Balaban J connectivity index is 2.59. The molecule has 0 spiro atoms. The lowest BCUT2D eigenvalue weighted by Crippen LogP contribution is -2.50. The van der Waals surface area contributed by atoms with E-state index in [1.54, 1.807) is 6.07 Å². The molecule has 23 heavy (non-hydrogen) atoms. The van der Waals surface area contributed by atoms with Crippen molar-refractivity contribution in [2.75, 3.05) is 25.5 Å². The fourth-order valence-corrected chi connectivity index (χ4v) is 1.99. The topological polar surface area (TPSA) is 116 Å². The molecule has 0 heterocycles. The number of aliphatic hydroxyl groups is 5. The number of aliphatic hydroxyl groups excluding tert-OH is 5. The first-order chi connectivity index (χ1) is 10.8. The van der Waals surface area contributed by atoms with Crippen LogP contribution in [0, 0.1) is 5.82 Å². The van der Waals surface area contributed by atoms with Gasteiger partial charge in [-0.1, -0.05) is 12.1 Å².